The Kier molecular flexibility index (Phi) is 5.86. The fourth-order valence-corrected chi connectivity index (χ4v) is 2.61. The number of hydrogen-bond acceptors (Lipinski definition) is 5. The Morgan fingerprint density at radius 2 is 1.61 bits per heavy atom. The lowest BCUT2D eigenvalue weighted by Gasteiger charge is -2.09. The third-order valence-electron chi connectivity index (χ3n) is 4.12. The highest BCUT2D eigenvalue weighted by atomic mass is 16.6. The van der Waals surface area contributed by atoms with E-state index in [4.69, 9.17) is 4.74 Å². The molecule has 3 aromatic rings. The van der Waals surface area contributed by atoms with E-state index in [0.717, 1.165) is 16.7 Å². The Morgan fingerprint density at radius 3 is 2.25 bits per heavy atom. The molecule has 7 heteroatoms. The monoisotopic (exact) mass is 378 g/mol. The van der Waals surface area contributed by atoms with Crippen molar-refractivity contribution in [1.82, 2.24) is 5.32 Å². The number of nitro benzene ring substituents is 1. The van der Waals surface area contributed by atoms with Gasteiger partial charge in [-0.1, -0.05) is 42.5 Å². The Morgan fingerprint density at radius 1 is 0.964 bits per heavy atom. The molecule has 7 nitrogen and oxygen atoms in total. The molecule has 0 fully saturated rings. The van der Waals surface area contributed by atoms with Crippen LogP contribution in [0.3, 0.4) is 0 Å². The topological polar surface area (TPSA) is 102 Å². The SMILES string of the molecule is O=C(NCc1ccc(-c2ccccc2O)cc1)OCc1ccc([N+](=O)[O-])cc1. The molecule has 0 spiro atoms. The molecule has 0 saturated carbocycles. The maximum atomic E-state index is 11.8. The van der Waals surface area contributed by atoms with E-state index in [0.29, 0.717) is 12.1 Å². The summed E-state index contributed by atoms with van der Waals surface area (Å²) in [6, 6.07) is 20.4. The van der Waals surface area contributed by atoms with Crippen LogP contribution in [0.1, 0.15) is 11.1 Å². The molecule has 0 aromatic heterocycles. The number of nitro groups is 1. The number of nitrogens with one attached hydrogen (secondary N) is 1. The zero-order valence-electron chi connectivity index (χ0n) is 14.9. The number of phenolic OH excluding ortho intramolecular Hbond substituents is 1. The summed E-state index contributed by atoms with van der Waals surface area (Å²) in [6.45, 7) is 0.316. The van der Waals surface area contributed by atoms with E-state index in [-0.39, 0.29) is 18.0 Å². The van der Waals surface area contributed by atoms with Crippen LogP contribution in [0.5, 0.6) is 5.75 Å². The van der Waals surface area contributed by atoms with Crippen LogP contribution in [-0.4, -0.2) is 16.1 Å². The normalized spacial score (nSPS) is 10.3. The van der Waals surface area contributed by atoms with E-state index in [1.165, 1.54) is 12.1 Å². The van der Waals surface area contributed by atoms with Crippen molar-refractivity contribution < 1.29 is 19.6 Å². The molecule has 0 aliphatic heterocycles. The molecule has 0 bridgehead atoms. The summed E-state index contributed by atoms with van der Waals surface area (Å²) in [5.74, 6) is 0.211. The van der Waals surface area contributed by atoms with Crippen molar-refractivity contribution in [2.75, 3.05) is 0 Å². The van der Waals surface area contributed by atoms with Crippen LogP contribution >= 0.6 is 0 Å². The molecule has 2 N–H and O–H groups in total. The van der Waals surface area contributed by atoms with Gasteiger partial charge in [-0.05, 0) is 34.9 Å². The largest absolute Gasteiger partial charge is 0.507 e. The maximum Gasteiger partial charge on any atom is 0.407 e. The van der Waals surface area contributed by atoms with Crippen LogP contribution in [-0.2, 0) is 17.9 Å². The van der Waals surface area contributed by atoms with Gasteiger partial charge in [-0.2, -0.15) is 0 Å². The zero-order valence-corrected chi connectivity index (χ0v) is 14.9. The van der Waals surface area contributed by atoms with Gasteiger partial charge >= 0.3 is 6.09 Å². The fraction of sp³-hybridized carbons (Fsp3) is 0.0952. The van der Waals surface area contributed by atoms with Crippen LogP contribution < -0.4 is 5.32 Å². The van der Waals surface area contributed by atoms with Crippen molar-refractivity contribution in [3.05, 3.63) is 94.0 Å². The van der Waals surface area contributed by atoms with Crippen LogP contribution in [0.15, 0.2) is 72.8 Å². The predicted octanol–water partition coefficient (Wildman–Crippen LogP) is 4.39. The van der Waals surface area contributed by atoms with E-state index in [1.807, 2.05) is 36.4 Å². The number of hydrogen-bond donors (Lipinski definition) is 2. The second kappa shape index (κ2) is 8.68. The Bertz CT molecular complexity index is 969. The van der Waals surface area contributed by atoms with Crippen LogP contribution in [0.2, 0.25) is 0 Å². The molecule has 142 valence electrons. The minimum atomic E-state index is -0.580. The van der Waals surface area contributed by atoms with Gasteiger partial charge in [0, 0.05) is 24.2 Å². The van der Waals surface area contributed by atoms with Gasteiger partial charge < -0.3 is 15.2 Å². The minimum Gasteiger partial charge on any atom is -0.507 e. The third kappa shape index (κ3) is 4.85. The summed E-state index contributed by atoms with van der Waals surface area (Å²) in [5, 5.41) is 23.2. The number of rotatable bonds is 6. The summed E-state index contributed by atoms with van der Waals surface area (Å²) < 4.78 is 5.11. The molecule has 0 aliphatic rings. The Hall–Kier alpha value is -3.87. The highest BCUT2D eigenvalue weighted by Gasteiger charge is 2.07. The average molecular weight is 378 g/mol. The molecule has 3 rings (SSSR count). The van der Waals surface area contributed by atoms with Crippen LogP contribution in [0.25, 0.3) is 11.1 Å². The lowest BCUT2D eigenvalue weighted by atomic mass is 10.0. The van der Waals surface area contributed by atoms with Crippen molar-refractivity contribution in [2.24, 2.45) is 0 Å². The lowest BCUT2D eigenvalue weighted by molar-refractivity contribution is -0.384. The predicted molar refractivity (Wildman–Crippen MR) is 104 cm³/mol. The van der Waals surface area contributed by atoms with Crippen molar-refractivity contribution in [3.63, 3.8) is 0 Å². The highest BCUT2D eigenvalue weighted by molar-refractivity contribution is 5.70. The van der Waals surface area contributed by atoms with Crippen LogP contribution in [0, 0.1) is 10.1 Å². The standard InChI is InChI=1S/C21H18N2O5/c24-20-4-2-1-3-19(20)17-9-5-15(6-10-17)13-22-21(25)28-14-16-7-11-18(12-8-16)23(26)27/h1-12,24H,13-14H2,(H,22,25). The van der Waals surface area contributed by atoms with Gasteiger partial charge in [0.2, 0.25) is 0 Å². The van der Waals surface area contributed by atoms with Gasteiger partial charge in [-0.15, -0.1) is 0 Å². The summed E-state index contributed by atoms with van der Waals surface area (Å²) >= 11 is 0. The number of para-hydroxylation sites is 1. The molecular formula is C21H18N2O5. The van der Waals surface area contributed by atoms with E-state index < -0.39 is 11.0 Å². The number of aromatic hydroxyl groups is 1. The molecule has 0 radical (unpaired) electrons. The molecule has 28 heavy (non-hydrogen) atoms. The van der Waals surface area contributed by atoms with Crippen molar-refractivity contribution in [3.8, 4) is 16.9 Å². The number of carbonyl (C=O) groups is 1. The molecule has 0 aliphatic carbocycles. The van der Waals surface area contributed by atoms with Crippen molar-refractivity contribution >= 4 is 11.8 Å². The molecule has 0 saturated heterocycles. The first-order valence-electron chi connectivity index (χ1n) is 8.54. The molecule has 3 aromatic carbocycles. The van der Waals surface area contributed by atoms with E-state index in [1.54, 1.807) is 24.3 Å². The van der Waals surface area contributed by atoms with Gasteiger partial charge in [0.1, 0.15) is 12.4 Å². The number of non-ortho nitro benzene ring substituents is 1. The molecule has 0 unspecified atom stereocenters. The van der Waals surface area contributed by atoms with Crippen molar-refractivity contribution in [1.29, 1.82) is 0 Å². The van der Waals surface area contributed by atoms with Gasteiger partial charge in [-0.25, -0.2) is 4.79 Å². The number of alkyl carbamates (subject to hydrolysis) is 1. The number of ether oxygens (including phenoxy) is 1. The molecule has 0 atom stereocenters. The number of carbonyl (C=O) groups excluding carboxylic acids is 1. The van der Waals surface area contributed by atoms with E-state index in [2.05, 4.69) is 5.32 Å². The third-order valence-corrected chi connectivity index (χ3v) is 4.12. The first kappa shape index (κ1) is 18.9. The van der Waals surface area contributed by atoms with Crippen LogP contribution in [0.4, 0.5) is 10.5 Å². The fourth-order valence-electron chi connectivity index (χ4n) is 2.61. The Labute approximate surface area is 161 Å². The first-order valence-corrected chi connectivity index (χ1v) is 8.54. The summed E-state index contributed by atoms with van der Waals surface area (Å²) in [7, 11) is 0. The zero-order chi connectivity index (χ0) is 19.9. The summed E-state index contributed by atoms with van der Waals surface area (Å²) in [5.41, 5.74) is 3.15. The lowest BCUT2D eigenvalue weighted by Crippen LogP contribution is -2.23. The van der Waals surface area contributed by atoms with Crippen molar-refractivity contribution in [2.45, 2.75) is 13.2 Å². The van der Waals surface area contributed by atoms with E-state index in [9.17, 15) is 20.0 Å². The summed E-state index contributed by atoms with van der Waals surface area (Å²) in [4.78, 5) is 22.0. The second-order valence-corrected chi connectivity index (χ2v) is 6.07. The number of nitrogens with zero attached hydrogens (tertiary/aromatic N) is 1. The maximum absolute atomic E-state index is 11.8. The second-order valence-electron chi connectivity index (χ2n) is 6.07. The number of amides is 1. The van der Waals surface area contributed by atoms with Gasteiger partial charge in [0.15, 0.2) is 0 Å². The highest BCUT2D eigenvalue weighted by Crippen LogP contribution is 2.28. The van der Waals surface area contributed by atoms with Gasteiger partial charge in [0.05, 0.1) is 4.92 Å². The Balaban J connectivity index is 1.49. The smallest absolute Gasteiger partial charge is 0.407 e. The molecule has 1 amide bonds. The first-order chi connectivity index (χ1) is 13.5. The summed E-state index contributed by atoms with van der Waals surface area (Å²) in [6.07, 6.45) is -0.580. The quantitative estimate of drug-likeness (QED) is 0.489. The van der Waals surface area contributed by atoms with Gasteiger partial charge in [-0.3, -0.25) is 10.1 Å². The number of phenols is 1. The minimum absolute atomic E-state index is 0.0135. The molecule has 0 heterocycles. The van der Waals surface area contributed by atoms with Gasteiger partial charge in [0.25, 0.3) is 5.69 Å². The van der Waals surface area contributed by atoms with E-state index >= 15 is 0 Å². The molecular weight excluding hydrogens is 360 g/mol. The average Bonchev–Trinajstić information content (AvgIpc) is 2.72. The number of benzene rings is 3.